The number of rotatable bonds is 2. The molecule has 0 aliphatic heterocycles. The zero-order chi connectivity index (χ0) is 11.6. The molecule has 80 valence electrons. The summed E-state index contributed by atoms with van der Waals surface area (Å²) in [6, 6.07) is 1.46. The lowest BCUT2D eigenvalue weighted by molar-refractivity contribution is -0.385. The first-order valence-corrected chi connectivity index (χ1v) is 3.76. The van der Waals surface area contributed by atoms with Gasteiger partial charge in [-0.1, -0.05) is 0 Å². The van der Waals surface area contributed by atoms with Crippen molar-refractivity contribution in [3.63, 3.8) is 0 Å². The van der Waals surface area contributed by atoms with Crippen LogP contribution in [0.25, 0.3) is 0 Å². The second-order valence-corrected chi connectivity index (χ2v) is 2.61. The molecule has 2 N–H and O–H groups in total. The molecule has 0 unspecified atom stereocenters. The van der Waals surface area contributed by atoms with Crippen LogP contribution >= 0.6 is 0 Å². The summed E-state index contributed by atoms with van der Waals surface area (Å²) >= 11 is 0. The highest BCUT2D eigenvalue weighted by molar-refractivity contribution is 5.94. The summed E-state index contributed by atoms with van der Waals surface area (Å²) in [4.78, 5) is 20.7. The molecule has 1 rings (SSSR count). The van der Waals surface area contributed by atoms with Crippen molar-refractivity contribution < 1.29 is 24.7 Å². The van der Waals surface area contributed by atoms with E-state index in [0.29, 0.717) is 6.07 Å². The van der Waals surface area contributed by atoms with E-state index in [1.165, 1.54) is 0 Å². The summed E-state index contributed by atoms with van der Waals surface area (Å²) in [5.74, 6) is -2.26. The largest absolute Gasteiger partial charge is 0.504 e. The maximum atomic E-state index is 11.1. The van der Waals surface area contributed by atoms with Crippen molar-refractivity contribution in [3.8, 4) is 11.5 Å². The summed E-state index contributed by atoms with van der Waals surface area (Å²) < 4.78 is 4.29. The molecule has 1 aromatic rings. The average molecular weight is 213 g/mol. The van der Waals surface area contributed by atoms with Crippen LogP contribution in [0.3, 0.4) is 0 Å². The van der Waals surface area contributed by atoms with Crippen molar-refractivity contribution in [1.82, 2.24) is 0 Å². The minimum atomic E-state index is -0.961. The standard InChI is InChI=1S/C8H7NO6/c1-15-8(12)4-2-6(10)7(11)3-5(4)9(13)14/h2-3,10-11H,1H3. The Kier molecular flexibility index (Phi) is 2.75. The minimum absolute atomic E-state index is 0.419. The molecular formula is C8H7NO6. The van der Waals surface area contributed by atoms with E-state index in [9.17, 15) is 14.9 Å². The van der Waals surface area contributed by atoms with E-state index in [1.54, 1.807) is 0 Å². The van der Waals surface area contributed by atoms with Gasteiger partial charge in [0.25, 0.3) is 5.69 Å². The number of benzene rings is 1. The molecule has 0 heterocycles. The van der Waals surface area contributed by atoms with Crippen LogP contribution in [-0.4, -0.2) is 28.2 Å². The number of hydrogen-bond acceptors (Lipinski definition) is 6. The topological polar surface area (TPSA) is 110 Å². The number of nitro groups is 1. The van der Waals surface area contributed by atoms with Crippen molar-refractivity contribution in [2.45, 2.75) is 0 Å². The zero-order valence-electron chi connectivity index (χ0n) is 7.63. The van der Waals surface area contributed by atoms with E-state index < -0.39 is 33.6 Å². The molecule has 0 bridgehead atoms. The Labute approximate surface area is 83.7 Å². The van der Waals surface area contributed by atoms with Gasteiger partial charge >= 0.3 is 5.97 Å². The molecule has 0 saturated heterocycles. The van der Waals surface area contributed by atoms with E-state index in [-0.39, 0.29) is 0 Å². The molecule has 0 amide bonds. The van der Waals surface area contributed by atoms with E-state index in [4.69, 9.17) is 10.2 Å². The fraction of sp³-hybridized carbons (Fsp3) is 0.125. The molecule has 0 aliphatic carbocycles. The lowest BCUT2D eigenvalue weighted by atomic mass is 10.1. The lowest BCUT2D eigenvalue weighted by Gasteiger charge is -2.03. The fourth-order valence-corrected chi connectivity index (χ4v) is 0.990. The lowest BCUT2D eigenvalue weighted by Crippen LogP contribution is -2.05. The minimum Gasteiger partial charge on any atom is -0.504 e. The Hall–Kier alpha value is -2.31. The van der Waals surface area contributed by atoms with Crippen LogP contribution in [0.2, 0.25) is 0 Å². The van der Waals surface area contributed by atoms with Gasteiger partial charge in [-0.05, 0) is 0 Å². The number of nitro benzene ring substituents is 1. The number of esters is 1. The number of carbonyl (C=O) groups excluding carboxylic acids is 1. The molecule has 15 heavy (non-hydrogen) atoms. The molecule has 0 fully saturated rings. The summed E-state index contributed by atoms with van der Waals surface area (Å²) in [5, 5.41) is 28.6. The predicted molar refractivity (Wildman–Crippen MR) is 47.8 cm³/mol. The average Bonchev–Trinajstić information content (AvgIpc) is 2.20. The maximum Gasteiger partial charge on any atom is 0.345 e. The molecule has 7 nitrogen and oxygen atoms in total. The number of ether oxygens (including phenoxy) is 1. The Morgan fingerprint density at radius 1 is 1.40 bits per heavy atom. The third-order valence-corrected chi connectivity index (χ3v) is 1.69. The van der Waals surface area contributed by atoms with Gasteiger partial charge < -0.3 is 14.9 Å². The van der Waals surface area contributed by atoms with Gasteiger partial charge in [0.15, 0.2) is 11.5 Å². The third-order valence-electron chi connectivity index (χ3n) is 1.69. The Morgan fingerprint density at radius 3 is 2.40 bits per heavy atom. The highest BCUT2D eigenvalue weighted by atomic mass is 16.6. The quantitative estimate of drug-likeness (QED) is 0.325. The van der Waals surface area contributed by atoms with Crippen LogP contribution in [0.5, 0.6) is 11.5 Å². The number of carbonyl (C=O) groups is 1. The zero-order valence-corrected chi connectivity index (χ0v) is 7.63. The predicted octanol–water partition coefficient (Wildman–Crippen LogP) is 0.793. The number of aromatic hydroxyl groups is 2. The van der Waals surface area contributed by atoms with Crippen LogP contribution in [-0.2, 0) is 4.74 Å². The van der Waals surface area contributed by atoms with Crippen molar-refractivity contribution in [2.24, 2.45) is 0 Å². The molecule has 0 aliphatic rings. The van der Waals surface area contributed by atoms with Crippen LogP contribution in [0.15, 0.2) is 12.1 Å². The van der Waals surface area contributed by atoms with Gasteiger partial charge in [-0.25, -0.2) is 4.79 Å². The van der Waals surface area contributed by atoms with Gasteiger partial charge in [-0.15, -0.1) is 0 Å². The maximum absolute atomic E-state index is 11.1. The highest BCUT2D eigenvalue weighted by Gasteiger charge is 2.23. The summed E-state index contributed by atoms with van der Waals surface area (Å²) in [5.41, 5.74) is -1.05. The first kappa shape index (κ1) is 10.8. The number of hydrogen-bond donors (Lipinski definition) is 2. The number of phenolic OH excluding ortho intramolecular Hbond substituents is 2. The normalized spacial score (nSPS) is 9.67. The van der Waals surface area contributed by atoms with Gasteiger partial charge in [0.2, 0.25) is 0 Å². The van der Waals surface area contributed by atoms with Crippen molar-refractivity contribution in [1.29, 1.82) is 0 Å². The number of phenols is 2. The molecular weight excluding hydrogens is 206 g/mol. The summed E-state index contributed by atoms with van der Waals surface area (Å²) in [6.07, 6.45) is 0. The first-order chi connectivity index (χ1) is 6.97. The second-order valence-electron chi connectivity index (χ2n) is 2.61. The van der Waals surface area contributed by atoms with Gasteiger partial charge in [0.1, 0.15) is 5.56 Å². The van der Waals surface area contributed by atoms with E-state index in [0.717, 1.165) is 13.2 Å². The smallest absolute Gasteiger partial charge is 0.345 e. The highest BCUT2D eigenvalue weighted by Crippen LogP contribution is 2.32. The van der Waals surface area contributed by atoms with Gasteiger partial charge in [0.05, 0.1) is 18.1 Å². The van der Waals surface area contributed by atoms with Crippen LogP contribution in [0, 0.1) is 10.1 Å². The monoisotopic (exact) mass is 213 g/mol. The molecule has 1 aromatic carbocycles. The number of nitrogens with zero attached hydrogens (tertiary/aromatic N) is 1. The first-order valence-electron chi connectivity index (χ1n) is 3.76. The Morgan fingerprint density at radius 2 is 1.93 bits per heavy atom. The van der Waals surface area contributed by atoms with E-state index in [1.807, 2.05) is 0 Å². The van der Waals surface area contributed by atoms with Crippen LogP contribution in [0.4, 0.5) is 5.69 Å². The van der Waals surface area contributed by atoms with Crippen molar-refractivity contribution in [3.05, 3.63) is 27.8 Å². The second kappa shape index (κ2) is 3.82. The summed E-state index contributed by atoms with van der Waals surface area (Å²) in [6.45, 7) is 0. The van der Waals surface area contributed by atoms with Crippen molar-refractivity contribution in [2.75, 3.05) is 7.11 Å². The third kappa shape index (κ3) is 1.96. The molecule has 0 atom stereocenters. The van der Waals surface area contributed by atoms with E-state index >= 15 is 0 Å². The number of methoxy groups -OCH3 is 1. The molecule has 0 radical (unpaired) electrons. The fourth-order valence-electron chi connectivity index (χ4n) is 0.990. The van der Waals surface area contributed by atoms with Crippen LogP contribution < -0.4 is 0 Å². The van der Waals surface area contributed by atoms with Crippen molar-refractivity contribution >= 4 is 11.7 Å². The SMILES string of the molecule is COC(=O)c1cc(O)c(O)cc1[N+](=O)[O-]. The summed E-state index contributed by atoms with van der Waals surface area (Å²) in [7, 11) is 1.05. The van der Waals surface area contributed by atoms with Gasteiger partial charge in [-0.2, -0.15) is 0 Å². The molecule has 7 heteroatoms. The van der Waals surface area contributed by atoms with Gasteiger partial charge in [-0.3, -0.25) is 10.1 Å². The Balaban J connectivity index is 3.41. The molecule has 0 saturated carbocycles. The van der Waals surface area contributed by atoms with E-state index in [2.05, 4.69) is 4.74 Å². The molecule has 0 aromatic heterocycles. The van der Waals surface area contributed by atoms with Gasteiger partial charge in [0, 0.05) is 6.07 Å². The Bertz CT molecular complexity index is 427. The molecule has 0 spiro atoms. The van der Waals surface area contributed by atoms with Crippen LogP contribution in [0.1, 0.15) is 10.4 Å².